The van der Waals surface area contributed by atoms with Gasteiger partial charge in [0.1, 0.15) is 17.1 Å². The number of pyridine rings is 2. The standard InChI is InChI=1S/C56H54N12O6/c1-2-38(36-6-10-57-43(36)3-1)50-61-47-41-20-32(25-65-12-8-56(9-13-65)30-70-31-56)23-59-54(41)74-49(47)53(64-50)67-16-19-71-44(28-67)40-5-4-39(37-7-11-58-45(37)40)51-62-46-42-21-33(26-68-27-35-22-34(68)29-72-35)24-60-55(42)73-48(46)52(63-51)66-14-17-69-18-15-66/h1-7,10-11,20-21,23-24,34-35,44,57-58H,8-9,12-19,22,25-31H2/t34-,35-,44?/m0/s1. The van der Waals surface area contributed by atoms with E-state index in [-0.39, 0.29) is 6.10 Å². The normalized spacial score (nSPS) is 22.5. The molecule has 1 unspecified atom stereocenters. The number of H-pyrrole nitrogens is 2. The molecule has 2 bridgehead atoms. The Morgan fingerprint density at radius 2 is 1.34 bits per heavy atom. The molecule has 18 heteroatoms. The maximum Gasteiger partial charge on any atom is 0.229 e. The molecule has 14 heterocycles. The van der Waals surface area contributed by atoms with Gasteiger partial charge in [-0.15, -0.1) is 0 Å². The quantitative estimate of drug-likeness (QED) is 0.141. The van der Waals surface area contributed by atoms with Gasteiger partial charge in [-0.2, -0.15) is 0 Å². The lowest BCUT2D eigenvalue weighted by molar-refractivity contribution is -0.140. The summed E-state index contributed by atoms with van der Waals surface area (Å²) in [7, 11) is 0. The van der Waals surface area contributed by atoms with Crippen LogP contribution in [0.1, 0.15) is 42.1 Å². The highest BCUT2D eigenvalue weighted by Gasteiger charge is 2.42. The van der Waals surface area contributed by atoms with Crippen molar-refractivity contribution in [1.29, 1.82) is 0 Å². The molecule has 374 valence electrons. The van der Waals surface area contributed by atoms with Crippen LogP contribution in [-0.2, 0) is 32.0 Å². The molecule has 8 aromatic heterocycles. The Hall–Kier alpha value is -7.06. The van der Waals surface area contributed by atoms with Crippen molar-refractivity contribution in [2.45, 2.75) is 50.6 Å². The van der Waals surface area contributed by atoms with Crippen LogP contribution in [0.3, 0.4) is 0 Å². The predicted molar refractivity (Wildman–Crippen MR) is 279 cm³/mol. The summed E-state index contributed by atoms with van der Waals surface area (Å²) in [5.74, 6) is 2.72. The van der Waals surface area contributed by atoms with Gasteiger partial charge in [-0.05, 0) is 73.8 Å². The fraction of sp³-hybridized carbons (Fsp3) is 0.393. The number of likely N-dealkylation sites (tertiary alicyclic amines) is 2. The number of nitrogens with one attached hydrogen (secondary N) is 2. The first-order valence-electron chi connectivity index (χ1n) is 26.2. The molecule has 10 aromatic rings. The predicted octanol–water partition coefficient (Wildman–Crippen LogP) is 8.15. The molecular formula is C56H54N12O6. The van der Waals surface area contributed by atoms with Crippen LogP contribution in [0.25, 0.3) is 89.0 Å². The zero-order chi connectivity index (χ0) is 48.5. The Balaban J connectivity index is 0.758. The third-order valence-corrected chi connectivity index (χ3v) is 16.8. The van der Waals surface area contributed by atoms with Gasteiger partial charge in [0.25, 0.3) is 0 Å². The number of nitrogens with zero attached hydrogens (tertiary/aromatic N) is 10. The highest BCUT2D eigenvalue weighted by Crippen LogP contribution is 2.43. The molecule has 6 aliphatic rings. The molecule has 0 radical (unpaired) electrons. The van der Waals surface area contributed by atoms with Gasteiger partial charge < -0.3 is 47.5 Å². The Labute approximate surface area is 424 Å². The number of fused-ring (bicyclic) bond motifs is 10. The molecule has 0 aliphatic carbocycles. The molecule has 6 fully saturated rings. The summed E-state index contributed by atoms with van der Waals surface area (Å²) in [5.41, 5.74) is 11.4. The molecule has 1 spiro atoms. The number of morpholine rings is 3. The smallest absolute Gasteiger partial charge is 0.229 e. The monoisotopic (exact) mass is 990 g/mol. The van der Waals surface area contributed by atoms with Crippen molar-refractivity contribution < 1.29 is 27.8 Å². The molecule has 3 atom stereocenters. The fourth-order valence-electron chi connectivity index (χ4n) is 12.7. The molecule has 0 amide bonds. The van der Waals surface area contributed by atoms with Crippen LogP contribution in [-0.4, -0.2) is 147 Å². The van der Waals surface area contributed by atoms with E-state index in [0.29, 0.717) is 97.8 Å². The summed E-state index contributed by atoms with van der Waals surface area (Å²) >= 11 is 0. The second-order valence-corrected chi connectivity index (χ2v) is 21.4. The topological polar surface area (TPSA) is 185 Å². The van der Waals surface area contributed by atoms with E-state index in [2.05, 4.69) is 84.2 Å². The summed E-state index contributed by atoms with van der Waals surface area (Å²) in [6, 6.07) is 19.6. The Kier molecular flexibility index (Phi) is 9.95. The highest BCUT2D eigenvalue weighted by molar-refractivity contribution is 6.08. The van der Waals surface area contributed by atoms with Gasteiger partial charge >= 0.3 is 0 Å². The fourth-order valence-corrected chi connectivity index (χ4v) is 12.7. The van der Waals surface area contributed by atoms with Crippen molar-refractivity contribution in [3.63, 3.8) is 0 Å². The average Bonchev–Trinajstić information content (AvgIpc) is 4.34. The van der Waals surface area contributed by atoms with Crippen molar-refractivity contribution in [3.8, 4) is 22.8 Å². The van der Waals surface area contributed by atoms with Crippen LogP contribution in [0.2, 0.25) is 0 Å². The second-order valence-electron chi connectivity index (χ2n) is 21.4. The van der Waals surface area contributed by atoms with Crippen molar-refractivity contribution in [3.05, 3.63) is 96.1 Å². The maximum atomic E-state index is 6.71. The number of hydrogen-bond acceptors (Lipinski definition) is 16. The maximum absolute atomic E-state index is 6.71. The Bertz CT molecular complexity index is 3830. The van der Waals surface area contributed by atoms with E-state index in [1.54, 1.807) is 0 Å². The van der Waals surface area contributed by atoms with Crippen LogP contribution in [0.15, 0.2) is 88.2 Å². The minimum absolute atomic E-state index is 0.309. The van der Waals surface area contributed by atoms with Gasteiger partial charge in [0.15, 0.2) is 34.5 Å². The molecule has 0 saturated carbocycles. The van der Waals surface area contributed by atoms with Crippen LogP contribution in [0, 0.1) is 5.41 Å². The van der Waals surface area contributed by atoms with E-state index in [0.717, 1.165) is 142 Å². The highest BCUT2D eigenvalue weighted by atomic mass is 16.5. The average molecular weight is 991 g/mol. The van der Waals surface area contributed by atoms with E-state index in [4.69, 9.17) is 57.7 Å². The number of ether oxygens (including phenoxy) is 4. The van der Waals surface area contributed by atoms with Gasteiger partial charge in [-0.3, -0.25) is 9.80 Å². The Morgan fingerprint density at radius 1 is 0.635 bits per heavy atom. The van der Waals surface area contributed by atoms with Gasteiger partial charge in [-0.25, -0.2) is 29.9 Å². The summed E-state index contributed by atoms with van der Waals surface area (Å²) in [6.07, 6.45) is 11.3. The first-order chi connectivity index (χ1) is 36.5. The summed E-state index contributed by atoms with van der Waals surface area (Å²) < 4.78 is 37.3. The first kappa shape index (κ1) is 43.4. The lowest BCUT2D eigenvalue weighted by Gasteiger charge is -2.47. The molecular weight excluding hydrogens is 937 g/mol. The van der Waals surface area contributed by atoms with E-state index in [1.807, 2.05) is 24.8 Å². The molecule has 16 rings (SSSR count). The summed E-state index contributed by atoms with van der Waals surface area (Å²) in [5, 5.41) is 3.83. The number of piperidine rings is 1. The number of benzene rings is 2. The number of rotatable bonds is 9. The zero-order valence-electron chi connectivity index (χ0n) is 40.9. The molecule has 2 aromatic carbocycles. The van der Waals surface area contributed by atoms with Crippen LogP contribution >= 0.6 is 0 Å². The van der Waals surface area contributed by atoms with E-state index < -0.39 is 0 Å². The van der Waals surface area contributed by atoms with E-state index in [9.17, 15) is 0 Å². The number of aromatic amines is 2. The lowest BCUT2D eigenvalue weighted by Crippen LogP contribution is -2.50. The lowest BCUT2D eigenvalue weighted by atomic mass is 9.77. The van der Waals surface area contributed by atoms with Crippen molar-refractivity contribution >= 4 is 77.8 Å². The number of anilines is 2. The van der Waals surface area contributed by atoms with Gasteiger partial charge in [0.05, 0.1) is 68.6 Å². The van der Waals surface area contributed by atoms with E-state index in [1.165, 1.54) is 12.8 Å². The molecule has 6 aliphatic heterocycles. The largest absolute Gasteiger partial charge is 0.432 e. The number of hydrogen-bond donors (Lipinski definition) is 2. The third kappa shape index (κ3) is 7.13. The SMILES string of the molecule is c1cc(-c2nc(N3CCOC(c4ccc(-c5nc(N6CCOCC6)c6oc7ncc(CN8C[C@@H]9C[C@H]8CO9)cc7c6n5)c5cc[nH]c45)C3)c3oc4ncc(CN5CCC6(CC5)COC6)cc4c3n2)c2cc[nH]c2c1. The van der Waals surface area contributed by atoms with E-state index >= 15 is 0 Å². The summed E-state index contributed by atoms with van der Waals surface area (Å²) in [4.78, 5) is 47.6. The van der Waals surface area contributed by atoms with Crippen LogP contribution in [0.5, 0.6) is 0 Å². The van der Waals surface area contributed by atoms with Crippen molar-refractivity contribution in [1.82, 2.24) is 49.7 Å². The molecule has 2 N–H and O–H groups in total. The third-order valence-electron chi connectivity index (χ3n) is 16.8. The summed E-state index contributed by atoms with van der Waals surface area (Å²) in [6.45, 7) is 11.5. The first-order valence-corrected chi connectivity index (χ1v) is 26.2. The van der Waals surface area contributed by atoms with Crippen LogP contribution < -0.4 is 9.80 Å². The van der Waals surface area contributed by atoms with Crippen molar-refractivity contribution in [2.24, 2.45) is 5.41 Å². The second kappa shape index (κ2) is 17.0. The van der Waals surface area contributed by atoms with Crippen LogP contribution in [0.4, 0.5) is 11.6 Å². The molecule has 18 nitrogen and oxygen atoms in total. The van der Waals surface area contributed by atoms with Gasteiger partial charge in [-0.1, -0.05) is 24.3 Å². The minimum Gasteiger partial charge on any atom is -0.432 e. The molecule has 6 saturated heterocycles. The molecule has 74 heavy (non-hydrogen) atoms. The van der Waals surface area contributed by atoms with Gasteiger partial charge in [0.2, 0.25) is 11.4 Å². The van der Waals surface area contributed by atoms with Gasteiger partial charge in [0, 0.05) is 108 Å². The Morgan fingerprint density at radius 3 is 2.05 bits per heavy atom. The number of aromatic nitrogens is 8. The minimum atomic E-state index is -0.309. The zero-order valence-corrected chi connectivity index (χ0v) is 40.9. The number of furan rings is 2. The van der Waals surface area contributed by atoms with Crippen molar-refractivity contribution in [2.75, 3.05) is 95.3 Å².